The molecule has 20 nitrogen and oxygen atoms in total. The number of methoxy groups -OCH3 is 3. The van der Waals surface area contributed by atoms with Crippen molar-refractivity contribution in [2.45, 2.75) is 192 Å². The molecule has 19 atom stereocenters. The average molecular weight is 1040 g/mol. The van der Waals surface area contributed by atoms with Crippen molar-refractivity contribution in [1.29, 1.82) is 0 Å². The zero-order chi connectivity index (χ0) is 54.6. The van der Waals surface area contributed by atoms with Crippen molar-refractivity contribution in [2.24, 2.45) is 29.6 Å². The van der Waals surface area contributed by atoms with E-state index in [4.69, 9.17) is 38.9 Å². The van der Waals surface area contributed by atoms with Gasteiger partial charge in [-0.1, -0.05) is 64.1 Å². The second-order valence-corrected chi connectivity index (χ2v) is 22.1. The van der Waals surface area contributed by atoms with Crippen molar-refractivity contribution in [2.75, 3.05) is 40.7 Å². The third-order valence-electron chi connectivity index (χ3n) is 16.8. The van der Waals surface area contributed by atoms with Crippen LogP contribution in [0.15, 0.2) is 42.9 Å². The molecule has 414 valence electrons. The highest BCUT2D eigenvalue weighted by Gasteiger charge is 2.56. The molecule has 3 fully saturated rings. The van der Waals surface area contributed by atoms with Crippen LogP contribution in [0.25, 0.3) is 11.1 Å². The molecule has 74 heavy (non-hydrogen) atoms. The Bertz CT molecular complexity index is 2290. The third kappa shape index (κ3) is 12.8. The minimum Gasteiger partial charge on any atom is -0.459 e. The number of nitrogens with two attached hydrogens (primary N) is 1. The molecular formula is C54H85N7O13. The fourth-order valence-electron chi connectivity index (χ4n) is 11.9. The van der Waals surface area contributed by atoms with Crippen LogP contribution < -0.4 is 5.73 Å². The number of cyclic esters (lactones) is 1. The SMILES string of the molecule is CC[C@H]1OC(=O)[C@H](C)C([C@H]2C[C@@](C)(OC)[C@@H](O)[C@H](C)O2)[C@H](C)[C@@H](O[C@@H]2O[C@H](C)C[C@H](N(C)CCc3cn(C[C@H](OC)c4ccc(-c5cnc(N)nc5)cc4)nn3)[C@H]2O)[C@](C)(OC)C[C@@H](C)C(=O)[C@H](C)[C@@H](O)[C@]1(C)O. The van der Waals surface area contributed by atoms with Gasteiger partial charge in [-0.15, -0.1) is 5.10 Å². The number of hydrogen-bond acceptors (Lipinski definition) is 19. The summed E-state index contributed by atoms with van der Waals surface area (Å²) in [6.07, 6.45) is -2.49. The number of hydrogen-bond donors (Lipinski definition) is 5. The molecule has 3 saturated heterocycles. The Morgan fingerprint density at radius 2 is 1.54 bits per heavy atom. The topological polar surface area (TPSA) is 265 Å². The maximum Gasteiger partial charge on any atom is 0.309 e. The fourth-order valence-corrected chi connectivity index (χ4v) is 11.9. The molecule has 6 rings (SSSR count). The Hall–Kier alpha value is -4.06. The van der Waals surface area contributed by atoms with Gasteiger partial charge < -0.3 is 64.2 Å². The lowest BCUT2D eigenvalue weighted by atomic mass is 9.67. The van der Waals surface area contributed by atoms with E-state index in [1.807, 2.05) is 58.3 Å². The molecule has 0 radical (unpaired) electrons. The van der Waals surface area contributed by atoms with E-state index in [2.05, 4.69) is 25.2 Å². The molecule has 5 heterocycles. The normalized spacial score (nSPS) is 38.3. The van der Waals surface area contributed by atoms with Crippen LogP contribution in [-0.2, 0) is 55.7 Å². The molecule has 0 aliphatic carbocycles. The Morgan fingerprint density at radius 3 is 2.15 bits per heavy atom. The number of anilines is 1. The molecule has 2 aromatic heterocycles. The number of nitrogen functional groups attached to an aromatic ring is 1. The summed E-state index contributed by atoms with van der Waals surface area (Å²) in [6.45, 7) is 18.4. The van der Waals surface area contributed by atoms with Crippen molar-refractivity contribution >= 4 is 17.7 Å². The highest BCUT2D eigenvalue weighted by molar-refractivity contribution is 5.83. The van der Waals surface area contributed by atoms with Crippen LogP contribution in [-0.4, -0.2) is 175 Å². The standard InChI is InChI=1S/C54H85N7O13/c1-15-42-54(10,67)46(64)33(6)44(62)29(2)23-53(9,70-14)48(31(4)43(32(5)49(66)73-42)40-24-52(8,69-13)47(65)34(7)72-40)74-50-45(63)39(22-30(3)71-50)60(11)21-20-38-27-61(59-58-38)28-41(68-12)36-18-16-35(17-19-36)37-25-56-51(55)57-26-37/h16-19,25-27,29-34,39-43,45-48,50,63-65,67H,15,20-24,28H2,1-14H3,(H2,55,56,57)/t29-,30-,31+,32-,33+,34+,39+,40-,41+,42-,43?,45-,46-,47+,48-,50+,52-,53-,54-/m1/s1. The van der Waals surface area contributed by atoms with Crippen LogP contribution >= 0.6 is 0 Å². The Morgan fingerprint density at radius 1 is 0.892 bits per heavy atom. The number of ketones is 1. The number of Topliss-reactive ketones (excluding diaryl/α,β-unsaturated/α-hetero) is 1. The van der Waals surface area contributed by atoms with E-state index < -0.39 is 107 Å². The summed E-state index contributed by atoms with van der Waals surface area (Å²) in [6, 6.07) is 7.53. The molecule has 1 aromatic carbocycles. The van der Waals surface area contributed by atoms with Gasteiger partial charge in [-0.25, -0.2) is 14.6 Å². The number of esters is 1. The van der Waals surface area contributed by atoms with E-state index in [0.717, 1.165) is 22.4 Å². The van der Waals surface area contributed by atoms with E-state index in [9.17, 15) is 30.0 Å². The Labute approximate surface area is 436 Å². The summed E-state index contributed by atoms with van der Waals surface area (Å²) >= 11 is 0. The van der Waals surface area contributed by atoms with Gasteiger partial charge in [-0.05, 0) is 78.0 Å². The van der Waals surface area contributed by atoms with Crippen molar-refractivity contribution in [3.63, 3.8) is 0 Å². The van der Waals surface area contributed by atoms with E-state index in [1.165, 1.54) is 21.1 Å². The van der Waals surface area contributed by atoms with Gasteiger partial charge in [-0.3, -0.25) is 9.59 Å². The van der Waals surface area contributed by atoms with Crippen molar-refractivity contribution in [3.05, 3.63) is 54.1 Å². The van der Waals surface area contributed by atoms with Gasteiger partial charge in [0.2, 0.25) is 5.95 Å². The lowest BCUT2D eigenvalue weighted by Gasteiger charge is -2.52. The van der Waals surface area contributed by atoms with Gasteiger partial charge in [-0.2, -0.15) is 0 Å². The molecule has 0 amide bonds. The monoisotopic (exact) mass is 1040 g/mol. The molecule has 20 heteroatoms. The average Bonchev–Trinajstić information content (AvgIpc) is 3.84. The van der Waals surface area contributed by atoms with Crippen LogP contribution in [0.3, 0.4) is 0 Å². The predicted molar refractivity (Wildman–Crippen MR) is 274 cm³/mol. The first-order chi connectivity index (χ1) is 34.8. The molecule has 1 unspecified atom stereocenters. The smallest absolute Gasteiger partial charge is 0.309 e. The number of rotatable bonds is 15. The molecular weight excluding hydrogens is 955 g/mol. The molecule has 0 bridgehead atoms. The van der Waals surface area contributed by atoms with E-state index >= 15 is 0 Å². The van der Waals surface area contributed by atoms with Crippen LogP contribution in [0.5, 0.6) is 0 Å². The van der Waals surface area contributed by atoms with Crippen molar-refractivity contribution in [1.82, 2.24) is 29.9 Å². The summed E-state index contributed by atoms with van der Waals surface area (Å²) in [4.78, 5) is 39.2. The Balaban J connectivity index is 1.26. The van der Waals surface area contributed by atoms with Crippen LogP contribution in [0.1, 0.15) is 112 Å². The van der Waals surface area contributed by atoms with Gasteiger partial charge in [0.1, 0.15) is 35.8 Å². The number of aromatic nitrogens is 5. The number of likely N-dealkylation sites (N-methyl/N-ethyl adjacent to an activating group) is 1. The minimum absolute atomic E-state index is 0.0931. The van der Waals surface area contributed by atoms with Crippen molar-refractivity contribution in [3.8, 4) is 11.1 Å². The lowest BCUT2D eigenvalue weighted by Crippen LogP contribution is -2.62. The van der Waals surface area contributed by atoms with Gasteiger partial charge in [0.25, 0.3) is 0 Å². The number of carbonyl (C=O) groups is 2. The lowest BCUT2D eigenvalue weighted by molar-refractivity contribution is -0.305. The molecule has 0 spiro atoms. The van der Waals surface area contributed by atoms with Gasteiger partial charge in [0, 0.05) is 88.7 Å². The fraction of sp³-hybridized carbons (Fsp3) is 0.741. The summed E-state index contributed by atoms with van der Waals surface area (Å²) in [5, 5.41) is 56.1. The van der Waals surface area contributed by atoms with E-state index in [0.29, 0.717) is 25.9 Å². The van der Waals surface area contributed by atoms with Crippen LogP contribution in [0.4, 0.5) is 5.95 Å². The first-order valence-electron chi connectivity index (χ1n) is 26.2. The van der Waals surface area contributed by atoms with Crippen LogP contribution in [0, 0.1) is 29.6 Å². The number of aliphatic hydroxyl groups is 4. The van der Waals surface area contributed by atoms with Gasteiger partial charge in [0.05, 0.1) is 59.9 Å². The van der Waals surface area contributed by atoms with Crippen molar-refractivity contribution < 1.29 is 63.2 Å². The number of benzene rings is 1. The maximum absolute atomic E-state index is 14.6. The zero-order valence-corrected chi connectivity index (χ0v) is 46.0. The number of carbonyl (C=O) groups excluding carboxylic acids is 2. The van der Waals surface area contributed by atoms with Gasteiger partial charge in [0.15, 0.2) is 6.29 Å². The maximum atomic E-state index is 14.6. The zero-order valence-electron chi connectivity index (χ0n) is 46.0. The second-order valence-electron chi connectivity index (χ2n) is 22.1. The largest absolute Gasteiger partial charge is 0.459 e. The molecule has 6 N–H and O–H groups in total. The molecule has 3 aliphatic rings. The van der Waals surface area contributed by atoms with Gasteiger partial charge >= 0.3 is 5.97 Å². The highest BCUT2D eigenvalue weighted by Crippen LogP contribution is 2.46. The first-order valence-corrected chi connectivity index (χ1v) is 26.2. The number of aliphatic hydroxyl groups excluding tert-OH is 3. The summed E-state index contributed by atoms with van der Waals surface area (Å²) in [5.74, 6) is -4.87. The third-order valence-corrected chi connectivity index (χ3v) is 16.8. The van der Waals surface area contributed by atoms with E-state index in [-0.39, 0.29) is 43.2 Å². The Kier molecular flexibility index (Phi) is 19.6. The van der Waals surface area contributed by atoms with E-state index in [1.54, 1.807) is 65.7 Å². The second kappa shape index (κ2) is 24.5. The number of ether oxygens (including phenoxy) is 7. The highest BCUT2D eigenvalue weighted by atomic mass is 16.7. The minimum atomic E-state index is -1.98. The van der Waals surface area contributed by atoms with Crippen LogP contribution in [0.2, 0.25) is 0 Å². The first kappa shape index (κ1) is 59.2. The molecule has 3 aliphatic heterocycles. The quantitative estimate of drug-likeness (QED) is 0.133. The summed E-state index contributed by atoms with van der Waals surface area (Å²) < 4.78 is 46.4. The molecule has 0 saturated carbocycles. The molecule has 3 aromatic rings. The summed E-state index contributed by atoms with van der Waals surface area (Å²) in [5.41, 5.74) is 4.84. The summed E-state index contributed by atoms with van der Waals surface area (Å²) in [7, 11) is 6.65. The number of nitrogens with zero attached hydrogens (tertiary/aromatic N) is 6. The predicted octanol–water partition coefficient (Wildman–Crippen LogP) is 4.34.